The fourth-order valence-electron chi connectivity index (χ4n) is 5.25. The van der Waals surface area contributed by atoms with Crippen molar-refractivity contribution in [3.8, 4) is 0 Å². The minimum absolute atomic E-state index is 0.269. The highest BCUT2D eigenvalue weighted by Gasteiger charge is 2.42. The van der Waals surface area contributed by atoms with E-state index in [0.717, 1.165) is 26.2 Å². The molecule has 1 spiro atoms. The Hall–Kier alpha value is -1.66. The summed E-state index contributed by atoms with van der Waals surface area (Å²) in [6.45, 7) is 7.63. The Bertz CT molecular complexity index is 622. The first-order valence-corrected chi connectivity index (χ1v) is 10.5. The fourth-order valence-corrected chi connectivity index (χ4v) is 5.25. The molecule has 3 aliphatic heterocycles. The fraction of sp³-hybridized carbons (Fsp3) is 0.714. The summed E-state index contributed by atoms with van der Waals surface area (Å²) in [7, 11) is 0. The Morgan fingerprint density at radius 3 is 2.41 bits per heavy atom. The monoisotopic (exact) mass is 372 g/mol. The van der Waals surface area contributed by atoms with Gasteiger partial charge in [0.2, 0.25) is 0 Å². The number of piperidine rings is 2. The van der Waals surface area contributed by atoms with E-state index in [1.807, 2.05) is 12.4 Å². The second kappa shape index (κ2) is 8.15. The van der Waals surface area contributed by atoms with Crippen molar-refractivity contribution >= 4 is 11.7 Å². The second-order valence-corrected chi connectivity index (χ2v) is 8.63. The van der Waals surface area contributed by atoms with Crippen molar-refractivity contribution in [1.82, 2.24) is 14.8 Å². The van der Waals surface area contributed by atoms with Crippen molar-refractivity contribution in [2.75, 3.05) is 50.7 Å². The Labute approximate surface area is 162 Å². The molecule has 4 heterocycles. The molecule has 1 N–H and O–H groups in total. The number of aromatic nitrogens is 1. The van der Waals surface area contributed by atoms with Crippen molar-refractivity contribution in [2.45, 2.75) is 44.6 Å². The standard InChI is InChI=1S/C21H32N4O2/c26-20(27)5-13-23-11-3-19(4-12-23)25-16-8-21(17-25)6-14-24(15-7-21)18-1-9-22-10-2-18/h1-2,9-10,19H,3-8,11-17H2,(H,26,27). The molecule has 27 heavy (non-hydrogen) atoms. The van der Waals surface area contributed by atoms with Crippen molar-refractivity contribution in [3.63, 3.8) is 0 Å². The van der Waals surface area contributed by atoms with Gasteiger partial charge >= 0.3 is 5.97 Å². The molecule has 1 aromatic rings. The van der Waals surface area contributed by atoms with E-state index in [-0.39, 0.29) is 6.42 Å². The van der Waals surface area contributed by atoms with Crippen LogP contribution in [0, 0.1) is 5.41 Å². The number of aliphatic carboxylic acids is 1. The summed E-state index contributed by atoms with van der Waals surface area (Å²) in [6, 6.07) is 4.94. The molecule has 6 nitrogen and oxygen atoms in total. The summed E-state index contributed by atoms with van der Waals surface area (Å²) < 4.78 is 0. The normalized spacial score (nSPS) is 24.5. The SMILES string of the molecule is O=C(O)CCN1CCC(N2CCC3(CCN(c4ccncc4)CC3)C2)CC1. The molecule has 1 aromatic heterocycles. The molecule has 6 heteroatoms. The van der Waals surface area contributed by atoms with Crippen LogP contribution in [0.15, 0.2) is 24.5 Å². The Morgan fingerprint density at radius 1 is 1.07 bits per heavy atom. The molecule has 3 aliphatic rings. The first-order valence-electron chi connectivity index (χ1n) is 10.5. The van der Waals surface area contributed by atoms with Crippen LogP contribution in [0.5, 0.6) is 0 Å². The van der Waals surface area contributed by atoms with Gasteiger partial charge < -0.3 is 14.9 Å². The van der Waals surface area contributed by atoms with Gasteiger partial charge in [-0.1, -0.05) is 0 Å². The molecule has 0 aliphatic carbocycles. The average Bonchev–Trinajstić information content (AvgIpc) is 3.11. The van der Waals surface area contributed by atoms with E-state index in [9.17, 15) is 4.79 Å². The molecule has 0 saturated carbocycles. The number of hydrogen-bond acceptors (Lipinski definition) is 5. The number of carboxylic acid groups (broad SMARTS) is 1. The van der Waals surface area contributed by atoms with E-state index < -0.39 is 5.97 Å². The maximum atomic E-state index is 10.8. The number of likely N-dealkylation sites (tertiary alicyclic amines) is 2. The van der Waals surface area contributed by atoms with Gasteiger partial charge in [-0.25, -0.2) is 0 Å². The van der Waals surface area contributed by atoms with Gasteiger partial charge in [0, 0.05) is 50.3 Å². The van der Waals surface area contributed by atoms with Crippen LogP contribution in [0.1, 0.15) is 38.5 Å². The van der Waals surface area contributed by atoms with Gasteiger partial charge in [-0.2, -0.15) is 0 Å². The van der Waals surface area contributed by atoms with E-state index in [1.54, 1.807) is 0 Å². The van der Waals surface area contributed by atoms with Crippen LogP contribution in [-0.4, -0.2) is 77.7 Å². The highest BCUT2D eigenvalue weighted by Crippen LogP contribution is 2.42. The summed E-state index contributed by atoms with van der Waals surface area (Å²) in [4.78, 5) is 22.5. The van der Waals surface area contributed by atoms with Crippen LogP contribution < -0.4 is 4.90 Å². The Kier molecular flexibility index (Phi) is 5.64. The minimum Gasteiger partial charge on any atom is -0.481 e. The Morgan fingerprint density at radius 2 is 1.74 bits per heavy atom. The summed E-state index contributed by atoms with van der Waals surface area (Å²) in [5.74, 6) is -0.684. The number of carbonyl (C=O) groups is 1. The topological polar surface area (TPSA) is 59.9 Å². The van der Waals surface area contributed by atoms with Gasteiger partial charge in [-0.3, -0.25) is 14.7 Å². The number of pyridine rings is 1. The van der Waals surface area contributed by atoms with Crippen LogP contribution in [0.4, 0.5) is 5.69 Å². The molecule has 0 amide bonds. The van der Waals surface area contributed by atoms with Gasteiger partial charge in [-0.05, 0) is 69.3 Å². The largest absolute Gasteiger partial charge is 0.481 e. The zero-order valence-electron chi connectivity index (χ0n) is 16.2. The highest BCUT2D eigenvalue weighted by atomic mass is 16.4. The maximum absolute atomic E-state index is 10.8. The van der Waals surface area contributed by atoms with E-state index in [0.29, 0.717) is 18.0 Å². The lowest BCUT2D eigenvalue weighted by Gasteiger charge is -2.42. The zero-order chi connectivity index (χ0) is 18.7. The van der Waals surface area contributed by atoms with Crippen molar-refractivity contribution in [2.24, 2.45) is 5.41 Å². The number of carboxylic acids is 1. The lowest BCUT2D eigenvalue weighted by molar-refractivity contribution is -0.137. The molecule has 0 bridgehead atoms. The summed E-state index contributed by atoms with van der Waals surface area (Å²) in [5.41, 5.74) is 1.83. The lowest BCUT2D eigenvalue weighted by atomic mass is 9.77. The molecule has 148 valence electrons. The highest BCUT2D eigenvalue weighted by molar-refractivity contribution is 5.66. The van der Waals surface area contributed by atoms with E-state index >= 15 is 0 Å². The summed E-state index contributed by atoms with van der Waals surface area (Å²) in [6.07, 6.45) is 10.4. The third kappa shape index (κ3) is 4.43. The predicted octanol–water partition coefficient (Wildman–Crippen LogP) is 2.31. The Balaban J connectivity index is 1.24. The van der Waals surface area contributed by atoms with Gasteiger partial charge in [0.05, 0.1) is 6.42 Å². The molecule has 3 saturated heterocycles. The smallest absolute Gasteiger partial charge is 0.304 e. The predicted molar refractivity (Wildman–Crippen MR) is 106 cm³/mol. The number of nitrogens with zero attached hydrogens (tertiary/aromatic N) is 4. The molecule has 0 atom stereocenters. The maximum Gasteiger partial charge on any atom is 0.304 e. The van der Waals surface area contributed by atoms with Crippen molar-refractivity contribution in [1.29, 1.82) is 0 Å². The molecule has 3 fully saturated rings. The summed E-state index contributed by atoms with van der Waals surface area (Å²) in [5, 5.41) is 8.86. The van der Waals surface area contributed by atoms with Crippen molar-refractivity contribution < 1.29 is 9.90 Å². The quantitative estimate of drug-likeness (QED) is 0.856. The third-order valence-corrected chi connectivity index (χ3v) is 7.04. The molecular formula is C21H32N4O2. The molecule has 4 rings (SSSR count). The van der Waals surface area contributed by atoms with Crippen molar-refractivity contribution in [3.05, 3.63) is 24.5 Å². The van der Waals surface area contributed by atoms with Gasteiger partial charge in [0.25, 0.3) is 0 Å². The van der Waals surface area contributed by atoms with Crippen LogP contribution in [-0.2, 0) is 4.79 Å². The van der Waals surface area contributed by atoms with Gasteiger partial charge in [0.1, 0.15) is 0 Å². The lowest BCUT2D eigenvalue weighted by Crippen LogP contribution is -2.46. The average molecular weight is 373 g/mol. The van der Waals surface area contributed by atoms with E-state index in [2.05, 4.69) is 31.8 Å². The van der Waals surface area contributed by atoms with Crippen LogP contribution in [0.3, 0.4) is 0 Å². The second-order valence-electron chi connectivity index (χ2n) is 8.63. The first-order chi connectivity index (χ1) is 13.1. The van der Waals surface area contributed by atoms with E-state index in [4.69, 9.17) is 5.11 Å². The number of hydrogen-bond donors (Lipinski definition) is 1. The van der Waals surface area contributed by atoms with Gasteiger partial charge in [-0.15, -0.1) is 0 Å². The third-order valence-electron chi connectivity index (χ3n) is 7.04. The molecular weight excluding hydrogens is 340 g/mol. The minimum atomic E-state index is -0.684. The molecule has 0 unspecified atom stereocenters. The van der Waals surface area contributed by atoms with Crippen LogP contribution in [0.2, 0.25) is 0 Å². The molecule has 0 radical (unpaired) electrons. The van der Waals surface area contributed by atoms with Gasteiger partial charge in [0.15, 0.2) is 0 Å². The van der Waals surface area contributed by atoms with E-state index in [1.165, 1.54) is 50.9 Å². The van der Waals surface area contributed by atoms with Crippen LogP contribution in [0.25, 0.3) is 0 Å². The zero-order valence-corrected chi connectivity index (χ0v) is 16.2. The first kappa shape index (κ1) is 18.7. The number of rotatable bonds is 5. The van der Waals surface area contributed by atoms with Crippen LogP contribution >= 0.6 is 0 Å². The number of anilines is 1. The summed E-state index contributed by atoms with van der Waals surface area (Å²) >= 11 is 0. The molecule has 0 aromatic carbocycles.